The van der Waals surface area contributed by atoms with Crippen molar-refractivity contribution in [3.05, 3.63) is 0 Å². The predicted molar refractivity (Wildman–Crippen MR) is 61.5 cm³/mol. The molecule has 0 radical (unpaired) electrons. The first-order valence-corrected chi connectivity index (χ1v) is 6.31. The first-order valence-electron chi connectivity index (χ1n) is 6.31. The minimum Gasteiger partial charge on any atom is -0.346 e. The van der Waals surface area contributed by atoms with Crippen LogP contribution in [0.4, 0.5) is 0 Å². The van der Waals surface area contributed by atoms with Crippen molar-refractivity contribution in [2.24, 2.45) is 5.41 Å². The first kappa shape index (κ1) is 12.7. The lowest BCUT2D eigenvalue weighted by Gasteiger charge is -2.48. The molecule has 4 heteroatoms. The lowest BCUT2D eigenvalue weighted by Crippen LogP contribution is -2.56. The highest BCUT2D eigenvalue weighted by Gasteiger charge is 2.60. The van der Waals surface area contributed by atoms with Gasteiger partial charge in [0, 0.05) is 12.8 Å². The molecule has 1 aliphatic carbocycles. The lowest BCUT2D eigenvalue weighted by molar-refractivity contribution is -0.249. The molecule has 0 aromatic rings. The fourth-order valence-electron chi connectivity index (χ4n) is 3.31. The van der Waals surface area contributed by atoms with Gasteiger partial charge >= 0.3 is 0 Å². The first-order chi connectivity index (χ1) is 8.02. The van der Waals surface area contributed by atoms with Crippen molar-refractivity contribution in [2.75, 3.05) is 13.2 Å². The Hall–Kier alpha value is -0.740. The van der Waals surface area contributed by atoms with Gasteiger partial charge in [0.05, 0.1) is 18.6 Å². The van der Waals surface area contributed by atoms with Crippen molar-refractivity contribution in [3.8, 4) is 0 Å². The highest BCUT2D eigenvalue weighted by atomic mass is 16.7. The van der Waals surface area contributed by atoms with Crippen molar-refractivity contribution in [1.82, 2.24) is 0 Å². The van der Waals surface area contributed by atoms with Crippen LogP contribution in [0.25, 0.3) is 0 Å². The molecular weight excluding hydrogens is 220 g/mol. The lowest BCUT2D eigenvalue weighted by atomic mass is 9.64. The summed E-state index contributed by atoms with van der Waals surface area (Å²) in [6, 6.07) is 0. The summed E-state index contributed by atoms with van der Waals surface area (Å²) in [4.78, 5) is 23.6. The summed E-state index contributed by atoms with van der Waals surface area (Å²) in [7, 11) is 0. The molecule has 0 aromatic heterocycles. The quantitative estimate of drug-likeness (QED) is 0.755. The second-order valence-electron chi connectivity index (χ2n) is 5.17. The number of hydrogen-bond donors (Lipinski definition) is 0. The predicted octanol–water partition coefficient (Wildman–Crippen LogP) is 1.86. The number of carbonyl (C=O) groups is 2. The average molecular weight is 240 g/mol. The zero-order valence-electron chi connectivity index (χ0n) is 10.6. The Balaban J connectivity index is 2.38. The van der Waals surface area contributed by atoms with Gasteiger partial charge < -0.3 is 9.47 Å². The smallest absolute Gasteiger partial charge is 0.181 e. The summed E-state index contributed by atoms with van der Waals surface area (Å²) in [5, 5.41) is 0. The number of Topliss-reactive ketones (excluding diaryl/α,β-unsaturated/α-hetero) is 2. The van der Waals surface area contributed by atoms with E-state index in [0.29, 0.717) is 19.6 Å². The van der Waals surface area contributed by atoms with E-state index in [9.17, 15) is 9.59 Å². The Bertz CT molecular complexity index is 330. The van der Waals surface area contributed by atoms with Crippen LogP contribution in [0.15, 0.2) is 0 Å². The number of hydrogen-bond acceptors (Lipinski definition) is 4. The molecule has 0 N–H and O–H groups in total. The third-order valence-corrected chi connectivity index (χ3v) is 4.07. The van der Waals surface area contributed by atoms with Crippen LogP contribution in [0.3, 0.4) is 0 Å². The summed E-state index contributed by atoms with van der Waals surface area (Å²) in [6.07, 6.45) is 3.61. The zero-order chi connectivity index (χ0) is 12.5. The molecule has 0 bridgehead atoms. The van der Waals surface area contributed by atoms with Crippen LogP contribution < -0.4 is 0 Å². The third-order valence-electron chi connectivity index (χ3n) is 4.07. The number of ether oxygens (including phenoxy) is 2. The van der Waals surface area contributed by atoms with Gasteiger partial charge in [-0.1, -0.05) is 6.42 Å². The maximum Gasteiger partial charge on any atom is 0.181 e. The van der Waals surface area contributed by atoms with E-state index >= 15 is 0 Å². The van der Waals surface area contributed by atoms with E-state index in [-0.39, 0.29) is 18.0 Å². The highest BCUT2D eigenvalue weighted by molar-refractivity contribution is 5.90. The average Bonchev–Trinajstić information content (AvgIpc) is 2.70. The number of carbonyl (C=O) groups excluding carboxylic acids is 2. The molecule has 2 fully saturated rings. The maximum atomic E-state index is 12.1. The van der Waals surface area contributed by atoms with Gasteiger partial charge in [-0.3, -0.25) is 9.59 Å². The number of ketones is 2. The minimum atomic E-state index is -0.831. The summed E-state index contributed by atoms with van der Waals surface area (Å²) < 4.78 is 11.5. The number of rotatable bonds is 3. The van der Waals surface area contributed by atoms with E-state index in [1.54, 1.807) is 6.92 Å². The molecule has 0 aromatic carbocycles. The van der Waals surface area contributed by atoms with Crippen LogP contribution in [0.2, 0.25) is 0 Å². The van der Waals surface area contributed by atoms with E-state index in [1.807, 2.05) is 0 Å². The fraction of sp³-hybridized carbons (Fsp3) is 0.846. The molecule has 4 nitrogen and oxygen atoms in total. The second kappa shape index (κ2) is 4.50. The summed E-state index contributed by atoms with van der Waals surface area (Å²) in [5.74, 6) is -0.780. The standard InChI is InChI=1S/C13H20O4/c1-10(14)9-12(11(2)15)5-3-4-6-13(12)16-7-8-17-13/h3-9H2,1-2H3. The van der Waals surface area contributed by atoms with Crippen LogP contribution in [0, 0.1) is 5.41 Å². The molecule has 96 valence electrons. The normalized spacial score (nSPS) is 31.6. The van der Waals surface area contributed by atoms with Gasteiger partial charge in [0.1, 0.15) is 11.6 Å². The molecule has 17 heavy (non-hydrogen) atoms. The van der Waals surface area contributed by atoms with E-state index < -0.39 is 11.2 Å². The van der Waals surface area contributed by atoms with Crippen LogP contribution >= 0.6 is 0 Å². The molecule has 2 aliphatic rings. The monoisotopic (exact) mass is 240 g/mol. The van der Waals surface area contributed by atoms with Gasteiger partial charge in [0.15, 0.2) is 5.79 Å². The van der Waals surface area contributed by atoms with E-state index in [1.165, 1.54) is 6.92 Å². The summed E-state index contributed by atoms with van der Waals surface area (Å²) in [6.45, 7) is 4.13. The maximum absolute atomic E-state index is 12.1. The van der Waals surface area contributed by atoms with Crippen molar-refractivity contribution in [2.45, 2.75) is 51.7 Å². The van der Waals surface area contributed by atoms with Gasteiger partial charge in [0.25, 0.3) is 0 Å². The zero-order valence-corrected chi connectivity index (χ0v) is 10.6. The Kier molecular flexibility index (Phi) is 3.36. The fourth-order valence-corrected chi connectivity index (χ4v) is 3.31. The molecule has 1 aliphatic heterocycles. The van der Waals surface area contributed by atoms with E-state index in [4.69, 9.17) is 9.47 Å². The van der Waals surface area contributed by atoms with Crippen molar-refractivity contribution in [1.29, 1.82) is 0 Å². The molecule has 1 saturated carbocycles. The molecular formula is C13H20O4. The van der Waals surface area contributed by atoms with Crippen molar-refractivity contribution >= 4 is 11.6 Å². The molecule has 2 rings (SSSR count). The van der Waals surface area contributed by atoms with Gasteiger partial charge in [-0.05, 0) is 26.7 Å². The Labute approximate surface area is 102 Å². The largest absolute Gasteiger partial charge is 0.346 e. The molecule has 1 unspecified atom stereocenters. The summed E-state index contributed by atoms with van der Waals surface area (Å²) >= 11 is 0. The van der Waals surface area contributed by atoms with Crippen LogP contribution in [-0.4, -0.2) is 30.6 Å². The minimum absolute atomic E-state index is 0.0225. The second-order valence-corrected chi connectivity index (χ2v) is 5.17. The topological polar surface area (TPSA) is 52.6 Å². The van der Waals surface area contributed by atoms with Gasteiger partial charge in [0.2, 0.25) is 0 Å². The van der Waals surface area contributed by atoms with Crippen molar-refractivity contribution < 1.29 is 19.1 Å². The molecule has 0 amide bonds. The third kappa shape index (κ3) is 1.93. The SMILES string of the molecule is CC(=O)CC1(C(C)=O)CCCCC12OCCO2. The summed E-state index contributed by atoms with van der Waals surface area (Å²) in [5.41, 5.74) is -0.756. The van der Waals surface area contributed by atoms with Crippen LogP contribution in [0.1, 0.15) is 46.0 Å². The van der Waals surface area contributed by atoms with Crippen LogP contribution in [-0.2, 0) is 19.1 Å². The van der Waals surface area contributed by atoms with Gasteiger partial charge in [-0.2, -0.15) is 0 Å². The molecule has 1 heterocycles. The highest BCUT2D eigenvalue weighted by Crippen LogP contribution is 2.52. The molecule has 1 spiro atoms. The molecule has 1 atom stereocenters. The van der Waals surface area contributed by atoms with Gasteiger partial charge in [-0.15, -0.1) is 0 Å². The van der Waals surface area contributed by atoms with Crippen molar-refractivity contribution in [3.63, 3.8) is 0 Å². The Morgan fingerprint density at radius 1 is 1.06 bits per heavy atom. The Morgan fingerprint density at radius 3 is 2.18 bits per heavy atom. The molecule has 1 saturated heterocycles. The van der Waals surface area contributed by atoms with E-state index in [2.05, 4.69) is 0 Å². The Morgan fingerprint density at radius 2 is 1.65 bits per heavy atom. The van der Waals surface area contributed by atoms with Gasteiger partial charge in [-0.25, -0.2) is 0 Å². The van der Waals surface area contributed by atoms with E-state index in [0.717, 1.165) is 19.3 Å². The van der Waals surface area contributed by atoms with Crippen LogP contribution in [0.5, 0.6) is 0 Å².